The van der Waals surface area contributed by atoms with Gasteiger partial charge in [-0.25, -0.2) is 15.2 Å². The maximum Gasteiger partial charge on any atom is 0.425 e. The highest BCUT2D eigenvalue weighted by Crippen LogP contribution is 1.96. The summed E-state index contributed by atoms with van der Waals surface area (Å²) in [5.74, 6) is 0.558. The topological polar surface area (TPSA) is 63.2 Å². The summed E-state index contributed by atoms with van der Waals surface area (Å²) in [5, 5.41) is 0. The molecule has 64 valence electrons. The summed E-state index contributed by atoms with van der Waals surface area (Å²) in [6.45, 7) is 0. The lowest BCUT2D eigenvalue weighted by atomic mass is 10.5. The predicted molar refractivity (Wildman–Crippen MR) is 43.4 cm³/mol. The lowest BCUT2D eigenvalue weighted by Gasteiger charge is -2.04. The van der Waals surface area contributed by atoms with Gasteiger partial charge in [0.25, 0.3) is 0 Å². The van der Waals surface area contributed by atoms with Gasteiger partial charge >= 0.3 is 6.09 Å². The molecule has 1 aromatic rings. The van der Waals surface area contributed by atoms with Gasteiger partial charge in [0.1, 0.15) is 5.82 Å². The molecule has 0 aromatic carbocycles. The number of aromatic nitrogens is 1. The van der Waals surface area contributed by atoms with Crippen molar-refractivity contribution >= 4 is 11.9 Å². The Balaban J connectivity index is 2.38. The average molecular weight is 167 g/mol. The van der Waals surface area contributed by atoms with Crippen LogP contribution in [0.25, 0.3) is 0 Å². The quantitative estimate of drug-likeness (QED) is 0.638. The largest absolute Gasteiger partial charge is 0.452 e. The summed E-state index contributed by atoms with van der Waals surface area (Å²) in [4.78, 5) is 14.5. The van der Waals surface area contributed by atoms with Crippen LogP contribution in [0.3, 0.4) is 0 Å². The van der Waals surface area contributed by atoms with Gasteiger partial charge in [0, 0.05) is 6.20 Å². The van der Waals surface area contributed by atoms with Crippen molar-refractivity contribution in [3.05, 3.63) is 24.4 Å². The second-order valence-corrected chi connectivity index (χ2v) is 1.96. The summed E-state index contributed by atoms with van der Waals surface area (Å²) in [6.07, 6.45) is 1.06. The van der Waals surface area contributed by atoms with Crippen LogP contribution in [-0.4, -0.2) is 18.2 Å². The number of methoxy groups -OCH3 is 1. The van der Waals surface area contributed by atoms with Crippen LogP contribution in [0.15, 0.2) is 24.4 Å². The Morgan fingerprint density at radius 2 is 2.42 bits per heavy atom. The minimum absolute atomic E-state index is 0.555. The molecule has 0 spiro atoms. The Bertz CT molecular complexity index is 250. The van der Waals surface area contributed by atoms with Gasteiger partial charge in [-0.15, -0.1) is 0 Å². The predicted octanol–water partition coefficient (Wildman–Crippen LogP) is 0.764. The first-order valence-electron chi connectivity index (χ1n) is 3.34. The molecule has 2 N–H and O–H groups in total. The van der Waals surface area contributed by atoms with Crippen molar-refractivity contribution in [2.24, 2.45) is 0 Å². The van der Waals surface area contributed by atoms with Crippen LogP contribution in [0.4, 0.5) is 10.6 Å². The molecule has 0 aliphatic carbocycles. The van der Waals surface area contributed by atoms with E-state index in [1.54, 1.807) is 24.4 Å². The normalized spacial score (nSPS) is 8.75. The first kappa shape index (κ1) is 8.32. The van der Waals surface area contributed by atoms with Crippen LogP contribution >= 0.6 is 0 Å². The maximum absolute atomic E-state index is 10.6. The molecule has 12 heavy (non-hydrogen) atoms. The van der Waals surface area contributed by atoms with Crippen molar-refractivity contribution in [1.29, 1.82) is 0 Å². The highest BCUT2D eigenvalue weighted by atomic mass is 16.5. The molecule has 5 nitrogen and oxygen atoms in total. The van der Waals surface area contributed by atoms with Crippen molar-refractivity contribution in [1.82, 2.24) is 10.4 Å². The van der Waals surface area contributed by atoms with Crippen LogP contribution in [-0.2, 0) is 4.74 Å². The molecular formula is C7H9N3O2. The van der Waals surface area contributed by atoms with Gasteiger partial charge in [-0.3, -0.25) is 5.43 Å². The van der Waals surface area contributed by atoms with Gasteiger partial charge in [0.05, 0.1) is 7.11 Å². The maximum atomic E-state index is 10.6. The summed E-state index contributed by atoms with van der Waals surface area (Å²) in [5.41, 5.74) is 4.83. The molecule has 0 unspecified atom stereocenters. The fourth-order valence-corrected chi connectivity index (χ4v) is 0.603. The molecule has 1 heterocycles. The molecule has 5 heteroatoms. The molecular weight excluding hydrogens is 158 g/mol. The fourth-order valence-electron chi connectivity index (χ4n) is 0.603. The highest BCUT2D eigenvalue weighted by molar-refractivity contribution is 5.68. The van der Waals surface area contributed by atoms with Gasteiger partial charge in [-0.05, 0) is 12.1 Å². The van der Waals surface area contributed by atoms with Gasteiger partial charge in [-0.1, -0.05) is 6.07 Å². The van der Waals surface area contributed by atoms with Crippen molar-refractivity contribution in [3.63, 3.8) is 0 Å². The van der Waals surface area contributed by atoms with Gasteiger partial charge in [0.15, 0.2) is 0 Å². The van der Waals surface area contributed by atoms with Crippen molar-refractivity contribution in [3.8, 4) is 0 Å². The van der Waals surface area contributed by atoms with Crippen LogP contribution in [0.2, 0.25) is 0 Å². The van der Waals surface area contributed by atoms with Crippen LogP contribution in [0.1, 0.15) is 0 Å². The summed E-state index contributed by atoms with van der Waals surface area (Å²) >= 11 is 0. The molecule has 1 aromatic heterocycles. The SMILES string of the molecule is COC(=O)NNc1ccccn1. The number of hydrazine groups is 1. The molecule has 0 bridgehead atoms. The molecule has 0 atom stereocenters. The Morgan fingerprint density at radius 1 is 1.58 bits per heavy atom. The third-order valence-corrected chi connectivity index (χ3v) is 1.14. The number of hydrogen-bond donors (Lipinski definition) is 2. The van der Waals surface area contributed by atoms with E-state index in [0.717, 1.165) is 0 Å². The molecule has 0 radical (unpaired) electrons. The van der Waals surface area contributed by atoms with Crippen molar-refractivity contribution < 1.29 is 9.53 Å². The lowest BCUT2D eigenvalue weighted by Crippen LogP contribution is -2.29. The zero-order chi connectivity index (χ0) is 8.81. The Morgan fingerprint density at radius 3 is 3.00 bits per heavy atom. The molecule has 0 saturated carbocycles. The Labute approximate surface area is 69.7 Å². The summed E-state index contributed by atoms with van der Waals surface area (Å²) < 4.78 is 4.33. The summed E-state index contributed by atoms with van der Waals surface area (Å²) in [6, 6.07) is 5.30. The van der Waals surface area contributed by atoms with E-state index < -0.39 is 6.09 Å². The zero-order valence-electron chi connectivity index (χ0n) is 6.57. The summed E-state index contributed by atoms with van der Waals surface area (Å²) in [7, 11) is 1.29. The third-order valence-electron chi connectivity index (χ3n) is 1.14. The second kappa shape index (κ2) is 4.17. The van der Waals surface area contributed by atoms with E-state index in [4.69, 9.17) is 0 Å². The molecule has 0 aliphatic rings. The number of pyridine rings is 1. The number of anilines is 1. The number of amides is 1. The van der Waals surface area contributed by atoms with Crippen molar-refractivity contribution in [2.75, 3.05) is 12.5 Å². The smallest absolute Gasteiger partial charge is 0.425 e. The number of carbonyl (C=O) groups is 1. The van der Waals surface area contributed by atoms with Gasteiger partial charge in [0.2, 0.25) is 0 Å². The zero-order valence-corrected chi connectivity index (χ0v) is 6.57. The minimum atomic E-state index is -0.555. The van der Waals surface area contributed by atoms with Gasteiger partial charge < -0.3 is 4.74 Å². The first-order chi connectivity index (χ1) is 5.83. The number of nitrogens with one attached hydrogen (secondary N) is 2. The minimum Gasteiger partial charge on any atom is -0.452 e. The molecule has 1 rings (SSSR count). The second-order valence-electron chi connectivity index (χ2n) is 1.96. The van der Waals surface area contributed by atoms with E-state index >= 15 is 0 Å². The van der Waals surface area contributed by atoms with E-state index in [1.807, 2.05) is 0 Å². The number of hydrogen-bond acceptors (Lipinski definition) is 4. The Hall–Kier alpha value is -1.78. The Kier molecular flexibility index (Phi) is 2.89. The molecule has 1 amide bonds. The van der Waals surface area contributed by atoms with E-state index in [-0.39, 0.29) is 0 Å². The van der Waals surface area contributed by atoms with E-state index in [2.05, 4.69) is 20.6 Å². The number of ether oxygens (including phenoxy) is 1. The third kappa shape index (κ3) is 2.45. The van der Waals surface area contributed by atoms with Crippen LogP contribution in [0, 0.1) is 0 Å². The fraction of sp³-hybridized carbons (Fsp3) is 0.143. The van der Waals surface area contributed by atoms with E-state index in [0.29, 0.717) is 5.82 Å². The standard InChI is InChI=1S/C7H9N3O2/c1-12-7(11)10-9-6-4-2-3-5-8-6/h2-5H,1H3,(H,8,9)(H,10,11). The highest BCUT2D eigenvalue weighted by Gasteiger charge is 1.95. The molecule has 0 fully saturated rings. The van der Waals surface area contributed by atoms with Crippen LogP contribution in [0.5, 0.6) is 0 Å². The van der Waals surface area contributed by atoms with Gasteiger partial charge in [-0.2, -0.15) is 0 Å². The molecule has 0 saturated heterocycles. The number of nitrogens with zero attached hydrogens (tertiary/aromatic N) is 1. The lowest BCUT2D eigenvalue weighted by molar-refractivity contribution is 0.173. The van der Waals surface area contributed by atoms with E-state index in [1.165, 1.54) is 7.11 Å². The van der Waals surface area contributed by atoms with Crippen LogP contribution < -0.4 is 10.9 Å². The first-order valence-corrected chi connectivity index (χ1v) is 3.34. The molecule has 0 aliphatic heterocycles. The number of rotatable bonds is 2. The average Bonchev–Trinajstić information content (AvgIpc) is 2.16. The monoisotopic (exact) mass is 167 g/mol. The number of carbonyl (C=O) groups excluding carboxylic acids is 1. The van der Waals surface area contributed by atoms with Crippen molar-refractivity contribution in [2.45, 2.75) is 0 Å². The van der Waals surface area contributed by atoms with E-state index in [9.17, 15) is 4.79 Å².